The van der Waals surface area contributed by atoms with Crippen molar-refractivity contribution in [1.29, 1.82) is 0 Å². The van der Waals surface area contributed by atoms with E-state index in [0.717, 1.165) is 0 Å². The van der Waals surface area contributed by atoms with Crippen molar-refractivity contribution in [3.63, 3.8) is 0 Å². The highest BCUT2D eigenvalue weighted by Crippen LogP contribution is 2.26. The average molecular weight is 216 g/mol. The van der Waals surface area contributed by atoms with Gasteiger partial charge in [0.2, 0.25) is 6.43 Å². The number of hydrogen-bond donors (Lipinski definition) is 1. The van der Waals surface area contributed by atoms with Crippen LogP contribution in [0.15, 0.2) is 12.4 Å². The van der Waals surface area contributed by atoms with E-state index in [9.17, 15) is 13.6 Å². The van der Waals surface area contributed by atoms with Crippen molar-refractivity contribution in [2.45, 2.75) is 25.7 Å². The molecule has 1 N–H and O–H groups in total. The number of aromatic nitrogens is 2. The van der Waals surface area contributed by atoms with Gasteiger partial charge in [-0.2, -0.15) is 0 Å². The molecule has 0 fully saturated rings. The predicted octanol–water partition coefficient (Wildman–Crippen LogP) is 1.61. The Morgan fingerprint density at radius 1 is 1.47 bits per heavy atom. The Balaban J connectivity index is 2.99. The van der Waals surface area contributed by atoms with Gasteiger partial charge < -0.3 is 5.11 Å². The van der Waals surface area contributed by atoms with E-state index in [2.05, 4.69) is 9.97 Å². The molecule has 1 heterocycles. The molecule has 0 aromatic carbocycles. The minimum Gasteiger partial charge on any atom is -0.481 e. The van der Waals surface area contributed by atoms with E-state index in [1.165, 1.54) is 19.3 Å². The summed E-state index contributed by atoms with van der Waals surface area (Å²) in [6.07, 6.45) is -0.740. The molecule has 6 heteroatoms. The number of aryl methyl sites for hydroxylation is 1. The number of alkyl halides is 2. The molecule has 4 nitrogen and oxygen atoms in total. The molecular formula is C9H10F2N2O2. The molecule has 0 spiro atoms. The number of nitrogens with zero attached hydrogens (tertiary/aromatic N) is 2. The zero-order chi connectivity index (χ0) is 11.4. The maximum atomic E-state index is 12.6. The molecule has 82 valence electrons. The Morgan fingerprint density at radius 2 is 2.07 bits per heavy atom. The second kappa shape index (κ2) is 4.77. The molecule has 1 aromatic rings. The van der Waals surface area contributed by atoms with Crippen LogP contribution in [0.4, 0.5) is 8.78 Å². The first-order valence-electron chi connectivity index (χ1n) is 4.29. The van der Waals surface area contributed by atoms with E-state index in [4.69, 9.17) is 5.11 Å². The van der Waals surface area contributed by atoms with Crippen LogP contribution in [-0.4, -0.2) is 27.5 Å². The lowest BCUT2D eigenvalue weighted by Crippen LogP contribution is -2.17. The summed E-state index contributed by atoms with van der Waals surface area (Å²) in [4.78, 5) is 18.0. The van der Waals surface area contributed by atoms with Gasteiger partial charge in [-0.1, -0.05) is 0 Å². The lowest BCUT2D eigenvalue weighted by molar-refractivity contribution is -0.138. The first-order valence-corrected chi connectivity index (χ1v) is 4.29. The van der Waals surface area contributed by atoms with Crippen LogP contribution in [0, 0.1) is 6.92 Å². The van der Waals surface area contributed by atoms with E-state index >= 15 is 0 Å². The summed E-state index contributed by atoms with van der Waals surface area (Å²) in [7, 11) is 0. The average Bonchev–Trinajstić information content (AvgIpc) is 2.15. The number of carboxylic acids is 1. The molecule has 0 bridgehead atoms. The third-order valence-corrected chi connectivity index (χ3v) is 1.97. The first-order chi connectivity index (χ1) is 7.02. The molecule has 0 aliphatic heterocycles. The minimum atomic E-state index is -2.75. The van der Waals surface area contributed by atoms with Gasteiger partial charge in [0.15, 0.2) is 0 Å². The number of rotatable bonds is 4. The van der Waals surface area contributed by atoms with Crippen LogP contribution in [0.5, 0.6) is 0 Å². The van der Waals surface area contributed by atoms with Crippen LogP contribution < -0.4 is 0 Å². The van der Waals surface area contributed by atoms with Gasteiger partial charge in [0.05, 0.1) is 23.7 Å². The van der Waals surface area contributed by atoms with Crippen LogP contribution in [0.3, 0.4) is 0 Å². The van der Waals surface area contributed by atoms with Gasteiger partial charge in [-0.25, -0.2) is 8.78 Å². The van der Waals surface area contributed by atoms with Crippen molar-refractivity contribution in [2.24, 2.45) is 0 Å². The third-order valence-electron chi connectivity index (χ3n) is 1.97. The Morgan fingerprint density at radius 3 is 2.53 bits per heavy atom. The fourth-order valence-corrected chi connectivity index (χ4v) is 1.28. The van der Waals surface area contributed by atoms with Crippen molar-refractivity contribution in [3.8, 4) is 0 Å². The molecule has 1 unspecified atom stereocenters. The highest BCUT2D eigenvalue weighted by molar-refractivity contribution is 5.68. The van der Waals surface area contributed by atoms with E-state index in [1.807, 2.05) is 0 Å². The first kappa shape index (κ1) is 11.5. The van der Waals surface area contributed by atoms with Crippen molar-refractivity contribution in [2.75, 3.05) is 0 Å². The van der Waals surface area contributed by atoms with E-state index in [-0.39, 0.29) is 5.69 Å². The summed E-state index contributed by atoms with van der Waals surface area (Å²) in [6, 6.07) is 0. The monoisotopic (exact) mass is 216 g/mol. The van der Waals surface area contributed by atoms with Gasteiger partial charge in [-0.05, 0) is 6.92 Å². The second-order valence-corrected chi connectivity index (χ2v) is 3.07. The Kier molecular flexibility index (Phi) is 3.65. The Hall–Kier alpha value is -1.59. The molecule has 0 aliphatic rings. The molecule has 1 atom stereocenters. The van der Waals surface area contributed by atoms with Gasteiger partial charge in [0, 0.05) is 12.4 Å². The summed E-state index contributed by atoms with van der Waals surface area (Å²) >= 11 is 0. The number of carboxylic acid groups (broad SMARTS) is 1. The Bertz CT molecular complexity index is 358. The number of aliphatic carboxylic acids is 1. The predicted molar refractivity (Wildman–Crippen MR) is 47.8 cm³/mol. The summed E-state index contributed by atoms with van der Waals surface area (Å²) in [6.45, 7) is 1.53. The lowest BCUT2D eigenvalue weighted by atomic mass is 10.0. The van der Waals surface area contributed by atoms with Gasteiger partial charge in [-0.3, -0.25) is 14.8 Å². The van der Waals surface area contributed by atoms with Crippen molar-refractivity contribution in [3.05, 3.63) is 23.8 Å². The maximum Gasteiger partial charge on any atom is 0.304 e. The van der Waals surface area contributed by atoms with Gasteiger partial charge in [0.25, 0.3) is 0 Å². The molecular weight excluding hydrogens is 206 g/mol. The molecule has 0 saturated carbocycles. The maximum absolute atomic E-state index is 12.6. The van der Waals surface area contributed by atoms with Crippen LogP contribution >= 0.6 is 0 Å². The van der Waals surface area contributed by atoms with Crippen molar-refractivity contribution < 1.29 is 18.7 Å². The second-order valence-electron chi connectivity index (χ2n) is 3.07. The smallest absolute Gasteiger partial charge is 0.304 e. The third kappa shape index (κ3) is 2.93. The van der Waals surface area contributed by atoms with Crippen LogP contribution in [0.25, 0.3) is 0 Å². The highest BCUT2D eigenvalue weighted by atomic mass is 19.3. The topological polar surface area (TPSA) is 63.1 Å². The number of carbonyl (C=O) groups is 1. The van der Waals surface area contributed by atoms with Crippen LogP contribution in [-0.2, 0) is 4.79 Å². The zero-order valence-corrected chi connectivity index (χ0v) is 8.02. The quantitative estimate of drug-likeness (QED) is 0.830. The van der Waals surface area contributed by atoms with Gasteiger partial charge in [-0.15, -0.1) is 0 Å². The lowest BCUT2D eigenvalue weighted by Gasteiger charge is -2.14. The molecule has 1 aromatic heterocycles. The van der Waals surface area contributed by atoms with Crippen LogP contribution in [0.2, 0.25) is 0 Å². The van der Waals surface area contributed by atoms with E-state index in [0.29, 0.717) is 5.69 Å². The summed E-state index contributed by atoms with van der Waals surface area (Å²) in [5.41, 5.74) is 0.388. The SMILES string of the molecule is Cc1nccnc1C(CC(=O)O)C(F)F. The minimum absolute atomic E-state index is 0.0508. The summed E-state index contributed by atoms with van der Waals surface area (Å²) < 4.78 is 25.2. The zero-order valence-electron chi connectivity index (χ0n) is 8.02. The summed E-state index contributed by atoms with van der Waals surface area (Å²) in [5, 5.41) is 8.50. The van der Waals surface area contributed by atoms with E-state index < -0.39 is 24.7 Å². The van der Waals surface area contributed by atoms with Crippen molar-refractivity contribution >= 4 is 5.97 Å². The largest absolute Gasteiger partial charge is 0.481 e. The van der Waals surface area contributed by atoms with Crippen LogP contribution in [0.1, 0.15) is 23.7 Å². The van der Waals surface area contributed by atoms with Crippen molar-refractivity contribution in [1.82, 2.24) is 9.97 Å². The molecule has 0 amide bonds. The highest BCUT2D eigenvalue weighted by Gasteiger charge is 2.28. The fourth-order valence-electron chi connectivity index (χ4n) is 1.28. The van der Waals surface area contributed by atoms with Gasteiger partial charge >= 0.3 is 5.97 Å². The normalized spacial score (nSPS) is 12.8. The molecule has 15 heavy (non-hydrogen) atoms. The number of halogens is 2. The summed E-state index contributed by atoms with van der Waals surface area (Å²) in [5.74, 6) is -2.67. The Labute approximate surface area is 85.0 Å². The molecule has 0 radical (unpaired) electrons. The van der Waals surface area contributed by atoms with Gasteiger partial charge in [0.1, 0.15) is 0 Å². The molecule has 1 rings (SSSR count). The molecule has 0 aliphatic carbocycles. The van der Waals surface area contributed by atoms with E-state index in [1.54, 1.807) is 0 Å². The standard InChI is InChI=1S/C9H10F2N2O2/c1-5-8(13-3-2-12-5)6(9(10)11)4-7(14)15/h2-3,6,9H,4H2,1H3,(H,14,15). The molecule has 0 saturated heterocycles. The fraction of sp³-hybridized carbons (Fsp3) is 0.444. The number of hydrogen-bond acceptors (Lipinski definition) is 3.